The third kappa shape index (κ3) is 5.55. The van der Waals surface area contributed by atoms with Crippen molar-refractivity contribution in [3.05, 3.63) is 11.3 Å². The van der Waals surface area contributed by atoms with E-state index in [0.717, 1.165) is 0 Å². The van der Waals surface area contributed by atoms with Crippen LogP contribution in [0.5, 0.6) is 0 Å². The van der Waals surface area contributed by atoms with Crippen molar-refractivity contribution in [2.24, 2.45) is 0 Å². The summed E-state index contributed by atoms with van der Waals surface area (Å²) in [5.41, 5.74) is 0.857. The number of nitrogens with one attached hydrogen (secondary N) is 2. The number of esters is 1. The summed E-state index contributed by atoms with van der Waals surface area (Å²) in [4.78, 5) is 39.1. The van der Waals surface area contributed by atoms with Crippen molar-refractivity contribution in [3.63, 3.8) is 0 Å². The van der Waals surface area contributed by atoms with Crippen LogP contribution in [0.4, 0.5) is 4.79 Å². The summed E-state index contributed by atoms with van der Waals surface area (Å²) in [6.45, 7) is 7.77. The van der Waals surface area contributed by atoms with E-state index in [0.29, 0.717) is 24.4 Å². The zero-order valence-corrected chi connectivity index (χ0v) is 14.3. The molecule has 0 spiro atoms. The summed E-state index contributed by atoms with van der Waals surface area (Å²) in [7, 11) is 1.77. The smallest absolute Gasteiger partial charge is 0.337 e. The van der Waals surface area contributed by atoms with Gasteiger partial charge in [0.2, 0.25) is 5.91 Å². The van der Waals surface area contributed by atoms with E-state index < -0.39 is 5.97 Å². The first-order valence-electron chi connectivity index (χ1n) is 7.83. The van der Waals surface area contributed by atoms with Gasteiger partial charge in [0.25, 0.3) is 0 Å². The van der Waals surface area contributed by atoms with Crippen molar-refractivity contribution in [2.75, 3.05) is 46.4 Å². The number of amides is 3. The average Bonchev–Trinajstić information content (AvgIpc) is 2.48. The van der Waals surface area contributed by atoms with Crippen LogP contribution in [0.2, 0.25) is 0 Å². The van der Waals surface area contributed by atoms with Gasteiger partial charge in [-0.25, -0.2) is 9.59 Å². The quantitative estimate of drug-likeness (QED) is 0.609. The highest BCUT2D eigenvalue weighted by Gasteiger charge is 2.25. The molecular formula is C15H26N4O4. The standard InChI is InChI=1S/C15H26N4O4/c1-5-19(6-2)13(20)10-18(4)9-12-11(14(21)23-7-3)8-16-15(22)17-12/h5-10H2,1-4H3,(H2,16,17,22). The lowest BCUT2D eigenvalue weighted by Crippen LogP contribution is -2.47. The number of nitrogens with zero attached hydrogens (tertiary/aromatic N) is 2. The minimum atomic E-state index is -0.460. The third-order valence-corrected chi connectivity index (χ3v) is 3.53. The zero-order chi connectivity index (χ0) is 17.4. The second-order valence-corrected chi connectivity index (χ2v) is 5.22. The largest absolute Gasteiger partial charge is 0.463 e. The first-order chi connectivity index (χ1) is 10.9. The fourth-order valence-electron chi connectivity index (χ4n) is 2.31. The molecule has 23 heavy (non-hydrogen) atoms. The van der Waals surface area contributed by atoms with Crippen LogP contribution in [0.15, 0.2) is 11.3 Å². The van der Waals surface area contributed by atoms with Gasteiger partial charge in [-0.1, -0.05) is 0 Å². The van der Waals surface area contributed by atoms with Crippen LogP contribution in [0.3, 0.4) is 0 Å². The highest BCUT2D eigenvalue weighted by Crippen LogP contribution is 2.09. The van der Waals surface area contributed by atoms with Crippen LogP contribution in [-0.2, 0) is 14.3 Å². The molecule has 0 saturated heterocycles. The highest BCUT2D eigenvalue weighted by molar-refractivity contribution is 5.93. The Hall–Kier alpha value is -2.09. The summed E-state index contributed by atoms with van der Waals surface area (Å²) in [5.74, 6) is -0.450. The number of hydrogen-bond acceptors (Lipinski definition) is 5. The number of carbonyl (C=O) groups is 3. The molecule has 0 aromatic carbocycles. The van der Waals surface area contributed by atoms with Crippen molar-refractivity contribution >= 4 is 17.9 Å². The first kappa shape index (κ1) is 19.0. The molecule has 1 rings (SSSR count). The molecule has 0 aromatic rings. The maximum Gasteiger partial charge on any atom is 0.337 e. The molecule has 0 fully saturated rings. The number of carbonyl (C=O) groups excluding carboxylic acids is 3. The second-order valence-electron chi connectivity index (χ2n) is 5.22. The van der Waals surface area contributed by atoms with Gasteiger partial charge in [-0.2, -0.15) is 0 Å². The Balaban J connectivity index is 2.78. The molecule has 1 heterocycles. The van der Waals surface area contributed by atoms with Crippen LogP contribution in [0.25, 0.3) is 0 Å². The van der Waals surface area contributed by atoms with Crippen molar-refractivity contribution in [1.29, 1.82) is 0 Å². The molecule has 0 aromatic heterocycles. The van der Waals surface area contributed by atoms with Crippen molar-refractivity contribution in [1.82, 2.24) is 20.4 Å². The maximum absolute atomic E-state index is 12.1. The molecule has 130 valence electrons. The lowest BCUT2D eigenvalue weighted by Gasteiger charge is -2.26. The third-order valence-electron chi connectivity index (χ3n) is 3.53. The molecule has 0 unspecified atom stereocenters. The van der Waals surface area contributed by atoms with Gasteiger partial charge in [0.05, 0.1) is 25.3 Å². The lowest BCUT2D eigenvalue weighted by molar-refractivity contribution is -0.138. The van der Waals surface area contributed by atoms with E-state index in [2.05, 4.69) is 10.6 Å². The van der Waals surface area contributed by atoms with Crippen LogP contribution < -0.4 is 10.6 Å². The molecule has 0 saturated carbocycles. The number of hydrogen-bond donors (Lipinski definition) is 2. The Morgan fingerprint density at radius 3 is 2.43 bits per heavy atom. The highest BCUT2D eigenvalue weighted by atomic mass is 16.5. The van der Waals surface area contributed by atoms with E-state index in [1.54, 1.807) is 23.8 Å². The topological polar surface area (TPSA) is 91.0 Å². The number of rotatable bonds is 8. The van der Waals surface area contributed by atoms with Crippen molar-refractivity contribution < 1.29 is 19.1 Å². The second kappa shape index (κ2) is 9.14. The molecule has 1 aliphatic rings. The van der Waals surface area contributed by atoms with E-state index in [4.69, 9.17) is 4.74 Å². The number of likely N-dealkylation sites (N-methyl/N-ethyl adjacent to an activating group) is 2. The lowest BCUT2D eigenvalue weighted by atomic mass is 10.1. The molecule has 0 radical (unpaired) electrons. The zero-order valence-electron chi connectivity index (χ0n) is 14.3. The van der Waals surface area contributed by atoms with Gasteiger partial charge in [-0.05, 0) is 27.8 Å². The molecule has 0 bridgehead atoms. The minimum absolute atomic E-state index is 0.0102. The van der Waals surface area contributed by atoms with Gasteiger partial charge in [0.15, 0.2) is 0 Å². The van der Waals surface area contributed by atoms with Gasteiger partial charge in [-0.3, -0.25) is 9.69 Å². The summed E-state index contributed by atoms with van der Waals surface area (Å²) in [5, 5.41) is 5.18. The Bertz CT molecular complexity index is 486. The Labute approximate surface area is 136 Å². The van der Waals surface area contributed by atoms with Crippen molar-refractivity contribution in [2.45, 2.75) is 20.8 Å². The number of urea groups is 1. The molecule has 2 N–H and O–H groups in total. The maximum atomic E-state index is 12.1. The van der Waals surface area contributed by atoms with Crippen LogP contribution in [0.1, 0.15) is 20.8 Å². The SMILES string of the molecule is CCOC(=O)C1=C(CN(C)CC(=O)N(CC)CC)NC(=O)NC1. The van der Waals surface area contributed by atoms with Crippen LogP contribution >= 0.6 is 0 Å². The predicted octanol–water partition coefficient (Wildman–Crippen LogP) is -0.0834. The monoisotopic (exact) mass is 326 g/mol. The molecule has 8 heteroatoms. The summed E-state index contributed by atoms with van der Waals surface area (Å²) < 4.78 is 5.00. The number of ether oxygens (including phenoxy) is 1. The van der Waals surface area contributed by atoms with Gasteiger partial charge in [-0.15, -0.1) is 0 Å². The van der Waals surface area contributed by atoms with Crippen molar-refractivity contribution in [3.8, 4) is 0 Å². The molecule has 0 aliphatic carbocycles. The fraction of sp³-hybridized carbons (Fsp3) is 0.667. The summed E-state index contributed by atoms with van der Waals surface area (Å²) in [6.07, 6.45) is 0. The normalized spacial score (nSPS) is 14.4. The molecule has 0 atom stereocenters. The summed E-state index contributed by atoms with van der Waals surface area (Å²) >= 11 is 0. The van der Waals surface area contributed by atoms with E-state index in [-0.39, 0.29) is 38.2 Å². The van der Waals surface area contributed by atoms with E-state index >= 15 is 0 Å². The van der Waals surface area contributed by atoms with E-state index in [1.807, 2.05) is 13.8 Å². The predicted molar refractivity (Wildman–Crippen MR) is 85.6 cm³/mol. The van der Waals surface area contributed by atoms with Gasteiger partial charge in [0.1, 0.15) is 0 Å². The van der Waals surface area contributed by atoms with Crippen LogP contribution in [-0.4, -0.2) is 74.1 Å². The molecular weight excluding hydrogens is 300 g/mol. The van der Waals surface area contributed by atoms with E-state index in [9.17, 15) is 14.4 Å². The Morgan fingerprint density at radius 1 is 1.22 bits per heavy atom. The first-order valence-corrected chi connectivity index (χ1v) is 7.83. The Kier molecular flexibility index (Phi) is 7.53. The van der Waals surface area contributed by atoms with Gasteiger partial charge < -0.3 is 20.3 Å². The average molecular weight is 326 g/mol. The molecule has 8 nitrogen and oxygen atoms in total. The van der Waals surface area contributed by atoms with Crippen LogP contribution in [0, 0.1) is 0 Å². The molecule has 3 amide bonds. The van der Waals surface area contributed by atoms with Gasteiger partial charge >= 0.3 is 12.0 Å². The Morgan fingerprint density at radius 2 is 1.87 bits per heavy atom. The summed E-state index contributed by atoms with van der Waals surface area (Å²) in [6, 6.07) is -0.364. The van der Waals surface area contributed by atoms with E-state index in [1.165, 1.54) is 0 Å². The minimum Gasteiger partial charge on any atom is -0.463 e. The molecule has 1 aliphatic heterocycles. The van der Waals surface area contributed by atoms with Gasteiger partial charge in [0, 0.05) is 25.3 Å². The fourth-order valence-corrected chi connectivity index (χ4v) is 2.31.